The Morgan fingerprint density at radius 2 is 2.15 bits per heavy atom. The fraction of sp³-hybridized carbons (Fsp3) is 0.929. The van der Waals surface area contributed by atoms with Gasteiger partial charge < -0.3 is 24.4 Å². The first kappa shape index (κ1) is 15.5. The van der Waals surface area contributed by atoms with E-state index in [2.05, 4.69) is 5.32 Å². The second kappa shape index (κ2) is 5.87. The summed E-state index contributed by atoms with van der Waals surface area (Å²) in [4.78, 5) is 13.8. The summed E-state index contributed by atoms with van der Waals surface area (Å²) in [6.45, 7) is 9.03. The molecule has 0 bridgehead atoms. The van der Waals surface area contributed by atoms with Gasteiger partial charge in [-0.05, 0) is 20.8 Å². The molecule has 1 amide bonds. The molecule has 0 aromatic carbocycles. The number of ether oxygens (including phenoxy) is 3. The Morgan fingerprint density at radius 1 is 1.45 bits per heavy atom. The Balaban J connectivity index is 1.87. The van der Waals surface area contributed by atoms with Gasteiger partial charge in [0.1, 0.15) is 5.60 Å². The Bertz CT molecular complexity index is 344. The zero-order valence-corrected chi connectivity index (χ0v) is 12.9. The molecule has 116 valence electrons. The van der Waals surface area contributed by atoms with Crippen LogP contribution in [-0.4, -0.2) is 68.2 Å². The Hall–Kier alpha value is -0.850. The molecule has 2 aliphatic rings. The van der Waals surface area contributed by atoms with Gasteiger partial charge in [0, 0.05) is 33.2 Å². The molecule has 0 aromatic heterocycles. The van der Waals surface area contributed by atoms with Crippen molar-refractivity contribution in [3.8, 4) is 0 Å². The average Bonchev–Trinajstić information content (AvgIpc) is 2.32. The van der Waals surface area contributed by atoms with E-state index < -0.39 is 5.60 Å². The molecule has 1 unspecified atom stereocenters. The first-order chi connectivity index (χ1) is 9.34. The maximum Gasteiger partial charge on any atom is 0.410 e. The molecule has 20 heavy (non-hydrogen) atoms. The van der Waals surface area contributed by atoms with Crippen molar-refractivity contribution < 1.29 is 19.0 Å². The molecule has 0 radical (unpaired) electrons. The SMILES string of the molecule is COC1(CC2CN(C(=O)OC(C)(C)C)CCO2)CNC1. The fourth-order valence-electron chi connectivity index (χ4n) is 2.53. The largest absolute Gasteiger partial charge is 0.444 e. The minimum Gasteiger partial charge on any atom is -0.444 e. The van der Waals surface area contributed by atoms with Gasteiger partial charge in [-0.25, -0.2) is 4.79 Å². The van der Waals surface area contributed by atoms with Crippen LogP contribution >= 0.6 is 0 Å². The van der Waals surface area contributed by atoms with Crippen LogP contribution in [0.15, 0.2) is 0 Å². The number of hydrogen-bond acceptors (Lipinski definition) is 5. The molecule has 2 fully saturated rings. The molecule has 6 heteroatoms. The van der Waals surface area contributed by atoms with Crippen LogP contribution in [0.2, 0.25) is 0 Å². The lowest BCUT2D eigenvalue weighted by atomic mass is 9.89. The summed E-state index contributed by atoms with van der Waals surface area (Å²) < 4.78 is 16.8. The minimum absolute atomic E-state index is 0.0123. The molecule has 2 rings (SSSR count). The molecule has 2 saturated heterocycles. The Kier molecular flexibility index (Phi) is 4.56. The highest BCUT2D eigenvalue weighted by molar-refractivity contribution is 5.68. The molecule has 0 spiro atoms. The molecular formula is C14H26N2O4. The van der Waals surface area contributed by atoms with Gasteiger partial charge in [0.25, 0.3) is 0 Å². The highest BCUT2D eigenvalue weighted by atomic mass is 16.6. The lowest BCUT2D eigenvalue weighted by Crippen LogP contribution is -2.63. The summed E-state index contributed by atoms with van der Waals surface area (Å²) in [5, 5.41) is 3.22. The Labute approximate surface area is 120 Å². The van der Waals surface area contributed by atoms with E-state index in [0.29, 0.717) is 19.7 Å². The van der Waals surface area contributed by atoms with Crippen molar-refractivity contribution in [2.45, 2.75) is 44.5 Å². The predicted molar refractivity (Wildman–Crippen MR) is 74.8 cm³/mol. The van der Waals surface area contributed by atoms with Gasteiger partial charge in [0.05, 0.1) is 24.9 Å². The zero-order valence-electron chi connectivity index (χ0n) is 12.9. The van der Waals surface area contributed by atoms with E-state index in [1.807, 2.05) is 20.8 Å². The topological polar surface area (TPSA) is 60.0 Å². The minimum atomic E-state index is -0.462. The number of morpholine rings is 1. The van der Waals surface area contributed by atoms with Gasteiger partial charge in [-0.1, -0.05) is 0 Å². The highest BCUT2D eigenvalue weighted by Gasteiger charge is 2.41. The number of nitrogens with zero attached hydrogens (tertiary/aromatic N) is 1. The summed E-state index contributed by atoms with van der Waals surface area (Å²) >= 11 is 0. The number of nitrogens with one attached hydrogen (secondary N) is 1. The third kappa shape index (κ3) is 3.84. The summed E-state index contributed by atoms with van der Waals surface area (Å²) in [7, 11) is 1.73. The molecule has 2 heterocycles. The maximum absolute atomic E-state index is 12.1. The number of rotatable bonds is 3. The number of carbonyl (C=O) groups excluding carboxylic acids is 1. The summed E-state index contributed by atoms with van der Waals surface area (Å²) in [6.07, 6.45) is 0.554. The van der Waals surface area contributed by atoms with E-state index in [9.17, 15) is 4.79 Å². The molecular weight excluding hydrogens is 260 g/mol. The third-order valence-electron chi connectivity index (χ3n) is 3.72. The van der Waals surface area contributed by atoms with Crippen molar-refractivity contribution in [3.05, 3.63) is 0 Å². The standard InChI is InChI=1S/C14H26N2O4/c1-13(2,3)20-12(17)16-5-6-19-11(8-16)7-14(18-4)9-15-10-14/h11,15H,5-10H2,1-4H3. The lowest BCUT2D eigenvalue weighted by Gasteiger charge is -2.45. The first-order valence-electron chi connectivity index (χ1n) is 7.19. The number of amides is 1. The van der Waals surface area contributed by atoms with Crippen LogP contribution in [0.3, 0.4) is 0 Å². The van der Waals surface area contributed by atoms with Crippen LogP contribution in [0.4, 0.5) is 4.79 Å². The van der Waals surface area contributed by atoms with E-state index in [-0.39, 0.29) is 17.8 Å². The van der Waals surface area contributed by atoms with Crippen LogP contribution in [0.5, 0.6) is 0 Å². The molecule has 0 aromatic rings. The molecule has 1 atom stereocenters. The van der Waals surface area contributed by atoms with Crippen molar-refractivity contribution in [2.24, 2.45) is 0 Å². The van der Waals surface area contributed by atoms with E-state index in [4.69, 9.17) is 14.2 Å². The molecule has 1 N–H and O–H groups in total. The second-order valence-electron chi connectivity index (χ2n) is 6.61. The summed E-state index contributed by atoms with van der Waals surface area (Å²) in [5.74, 6) is 0. The van der Waals surface area contributed by atoms with Crippen LogP contribution in [0.1, 0.15) is 27.2 Å². The van der Waals surface area contributed by atoms with Gasteiger partial charge in [0.2, 0.25) is 0 Å². The van der Waals surface area contributed by atoms with Gasteiger partial charge >= 0.3 is 6.09 Å². The average molecular weight is 286 g/mol. The van der Waals surface area contributed by atoms with Crippen molar-refractivity contribution in [3.63, 3.8) is 0 Å². The first-order valence-corrected chi connectivity index (χ1v) is 7.19. The van der Waals surface area contributed by atoms with E-state index in [0.717, 1.165) is 19.5 Å². The van der Waals surface area contributed by atoms with Crippen LogP contribution < -0.4 is 5.32 Å². The van der Waals surface area contributed by atoms with Crippen LogP contribution in [-0.2, 0) is 14.2 Å². The van der Waals surface area contributed by atoms with Crippen molar-refractivity contribution >= 4 is 6.09 Å². The lowest BCUT2D eigenvalue weighted by molar-refractivity contribution is -0.113. The highest BCUT2D eigenvalue weighted by Crippen LogP contribution is 2.25. The van der Waals surface area contributed by atoms with Gasteiger partial charge in [0.15, 0.2) is 0 Å². The maximum atomic E-state index is 12.1. The number of hydrogen-bond donors (Lipinski definition) is 1. The van der Waals surface area contributed by atoms with Gasteiger partial charge in [-0.15, -0.1) is 0 Å². The molecule has 2 aliphatic heterocycles. The quantitative estimate of drug-likeness (QED) is 0.839. The van der Waals surface area contributed by atoms with Crippen molar-refractivity contribution in [1.82, 2.24) is 10.2 Å². The van der Waals surface area contributed by atoms with Gasteiger partial charge in [-0.2, -0.15) is 0 Å². The van der Waals surface area contributed by atoms with Crippen molar-refractivity contribution in [2.75, 3.05) is 39.9 Å². The third-order valence-corrected chi connectivity index (χ3v) is 3.72. The molecule has 0 aliphatic carbocycles. The summed E-state index contributed by atoms with van der Waals surface area (Å²) in [6, 6.07) is 0. The Morgan fingerprint density at radius 3 is 2.65 bits per heavy atom. The number of methoxy groups -OCH3 is 1. The van der Waals surface area contributed by atoms with Crippen LogP contribution in [0, 0.1) is 0 Å². The monoisotopic (exact) mass is 286 g/mol. The smallest absolute Gasteiger partial charge is 0.410 e. The van der Waals surface area contributed by atoms with Crippen LogP contribution in [0.25, 0.3) is 0 Å². The second-order valence-corrected chi connectivity index (χ2v) is 6.61. The number of carbonyl (C=O) groups is 1. The normalized spacial score (nSPS) is 26.0. The zero-order chi connectivity index (χ0) is 14.8. The molecule has 0 saturated carbocycles. The van der Waals surface area contributed by atoms with Crippen molar-refractivity contribution in [1.29, 1.82) is 0 Å². The van der Waals surface area contributed by atoms with E-state index >= 15 is 0 Å². The predicted octanol–water partition coefficient (Wildman–Crippen LogP) is 1.00. The summed E-state index contributed by atoms with van der Waals surface area (Å²) in [5.41, 5.74) is -0.599. The fourth-order valence-corrected chi connectivity index (χ4v) is 2.53. The van der Waals surface area contributed by atoms with Gasteiger partial charge in [-0.3, -0.25) is 0 Å². The van der Waals surface area contributed by atoms with E-state index in [1.54, 1.807) is 12.0 Å². The molecule has 6 nitrogen and oxygen atoms in total. The van der Waals surface area contributed by atoms with E-state index in [1.165, 1.54) is 0 Å².